The van der Waals surface area contributed by atoms with Crippen LogP contribution in [0.1, 0.15) is 30.6 Å². The van der Waals surface area contributed by atoms with Crippen LogP contribution < -0.4 is 15.8 Å². The first-order chi connectivity index (χ1) is 12.7. The van der Waals surface area contributed by atoms with E-state index in [1.54, 1.807) is 0 Å². The number of aliphatic hydroxyl groups excluding tert-OH is 1. The van der Waals surface area contributed by atoms with Gasteiger partial charge in [0, 0.05) is 19.2 Å². The molecule has 0 aromatic heterocycles. The molecule has 0 spiro atoms. The largest absolute Gasteiger partial charge is 0.506 e. The van der Waals surface area contributed by atoms with Crippen LogP contribution in [-0.2, 0) is 9.84 Å². The van der Waals surface area contributed by atoms with Gasteiger partial charge in [-0.25, -0.2) is 8.42 Å². The first-order valence-corrected chi connectivity index (χ1v) is 10.5. The van der Waals surface area contributed by atoms with E-state index in [0.29, 0.717) is 6.42 Å². The smallest absolute Gasteiger partial charge is 0.258 e. The van der Waals surface area contributed by atoms with Crippen molar-refractivity contribution in [3.63, 3.8) is 0 Å². The number of aromatic hydroxyl groups is 1. The van der Waals surface area contributed by atoms with E-state index in [9.17, 15) is 23.4 Å². The Kier molecular flexibility index (Phi) is 6.55. The Morgan fingerprint density at radius 2 is 2.11 bits per heavy atom. The Morgan fingerprint density at radius 1 is 1.44 bits per heavy atom. The highest BCUT2D eigenvalue weighted by Gasteiger charge is 2.33. The van der Waals surface area contributed by atoms with E-state index in [4.69, 9.17) is 10.5 Å². The number of methoxy groups -OCH3 is 1. The van der Waals surface area contributed by atoms with E-state index in [-0.39, 0.29) is 35.3 Å². The molecule has 1 amide bonds. The number of hydrogen-bond donors (Lipinski definition) is 4. The molecule has 0 radical (unpaired) electrons. The van der Waals surface area contributed by atoms with Crippen molar-refractivity contribution < 1.29 is 28.2 Å². The maximum atomic E-state index is 12.7. The summed E-state index contributed by atoms with van der Waals surface area (Å²) in [5.74, 6) is -1.74. The number of ether oxygens (including phenoxy) is 1. The predicted molar refractivity (Wildman–Crippen MR) is 101 cm³/mol. The van der Waals surface area contributed by atoms with E-state index in [1.807, 2.05) is 11.8 Å². The average molecular weight is 401 g/mol. The van der Waals surface area contributed by atoms with Crippen LogP contribution in [0.4, 0.5) is 5.69 Å². The van der Waals surface area contributed by atoms with Gasteiger partial charge in [-0.05, 0) is 13.0 Å². The predicted octanol–water partition coefficient (Wildman–Crippen LogP) is -0.0385. The summed E-state index contributed by atoms with van der Waals surface area (Å²) >= 11 is 0. The van der Waals surface area contributed by atoms with Crippen molar-refractivity contribution in [2.24, 2.45) is 0 Å². The Hall–Kier alpha value is -2.04. The molecule has 0 bridgehead atoms. The summed E-state index contributed by atoms with van der Waals surface area (Å²) in [6, 6.07) is 0.958. The number of phenolic OH excluding ortho intramolecular Hbond substituents is 1. The maximum Gasteiger partial charge on any atom is 0.258 e. The van der Waals surface area contributed by atoms with Crippen LogP contribution in [0, 0.1) is 0 Å². The summed E-state index contributed by atoms with van der Waals surface area (Å²) in [6.45, 7) is 4.99. The number of nitrogens with one attached hydrogen (secondary N) is 1. The van der Waals surface area contributed by atoms with Gasteiger partial charge >= 0.3 is 0 Å². The highest BCUT2D eigenvalue weighted by atomic mass is 32.2. The molecule has 27 heavy (non-hydrogen) atoms. The van der Waals surface area contributed by atoms with Crippen molar-refractivity contribution in [1.29, 1.82) is 0 Å². The van der Waals surface area contributed by atoms with Gasteiger partial charge in [0.15, 0.2) is 15.6 Å². The number of nitrogens with zero attached hydrogens (tertiary/aromatic N) is 1. The molecule has 0 aliphatic carbocycles. The van der Waals surface area contributed by atoms with Crippen LogP contribution in [0.25, 0.3) is 0 Å². The number of rotatable bonds is 7. The number of amides is 1. The minimum absolute atomic E-state index is 0.0307. The van der Waals surface area contributed by atoms with Crippen LogP contribution >= 0.6 is 0 Å². The number of hydrogen-bond acceptors (Lipinski definition) is 8. The third-order valence-electron chi connectivity index (χ3n) is 4.89. The number of sulfone groups is 1. The van der Waals surface area contributed by atoms with Gasteiger partial charge in [0.1, 0.15) is 16.2 Å². The maximum absolute atomic E-state index is 12.7. The summed E-state index contributed by atoms with van der Waals surface area (Å²) in [5.41, 5.74) is 5.28. The molecule has 2 atom stereocenters. The lowest BCUT2D eigenvalue weighted by Gasteiger charge is -2.25. The fraction of sp³-hybridized carbons (Fsp3) is 0.588. The second-order valence-corrected chi connectivity index (χ2v) is 8.60. The van der Waals surface area contributed by atoms with E-state index in [2.05, 4.69) is 5.32 Å². The summed E-state index contributed by atoms with van der Waals surface area (Å²) in [6.07, 6.45) is 0.0483. The quantitative estimate of drug-likeness (QED) is 0.466. The second-order valence-electron chi connectivity index (χ2n) is 6.39. The number of likely N-dealkylation sites (tertiary alicyclic amines) is 1. The van der Waals surface area contributed by atoms with Crippen LogP contribution in [0.2, 0.25) is 0 Å². The zero-order chi connectivity index (χ0) is 20.4. The first kappa shape index (κ1) is 21.3. The number of nitrogen functional groups attached to an aromatic ring is 1. The average Bonchev–Trinajstić information content (AvgIpc) is 2.98. The molecule has 0 saturated carbocycles. The number of anilines is 1. The molecule has 9 nitrogen and oxygen atoms in total. The summed E-state index contributed by atoms with van der Waals surface area (Å²) in [7, 11) is -2.56. The topological polar surface area (TPSA) is 142 Å². The molecular weight excluding hydrogens is 374 g/mol. The van der Waals surface area contributed by atoms with Gasteiger partial charge in [-0.2, -0.15) is 0 Å². The van der Waals surface area contributed by atoms with Gasteiger partial charge in [0.2, 0.25) is 0 Å². The number of benzene rings is 1. The van der Waals surface area contributed by atoms with Gasteiger partial charge in [0.25, 0.3) is 5.91 Å². The van der Waals surface area contributed by atoms with Crippen molar-refractivity contribution in [2.75, 3.05) is 38.2 Å². The SMILES string of the molecule is CCN1CCC(O)C1CNC(=O)c1c(OC)cc(N)c(S(=O)(=O)CC)c1O. The Bertz CT molecular complexity index is 811. The molecule has 1 heterocycles. The highest BCUT2D eigenvalue weighted by Crippen LogP contribution is 2.39. The lowest BCUT2D eigenvalue weighted by Crippen LogP contribution is -2.44. The molecule has 2 rings (SSSR count). The molecule has 1 saturated heterocycles. The normalized spacial score (nSPS) is 20.6. The first-order valence-electron chi connectivity index (χ1n) is 8.80. The summed E-state index contributed by atoms with van der Waals surface area (Å²) < 4.78 is 29.6. The second kappa shape index (κ2) is 8.32. The highest BCUT2D eigenvalue weighted by molar-refractivity contribution is 7.91. The lowest BCUT2D eigenvalue weighted by molar-refractivity contribution is 0.0886. The molecule has 1 aromatic rings. The third kappa shape index (κ3) is 4.12. The monoisotopic (exact) mass is 401 g/mol. The molecule has 1 fully saturated rings. The molecule has 10 heteroatoms. The van der Waals surface area contributed by atoms with E-state index >= 15 is 0 Å². The minimum atomic E-state index is -3.85. The Labute approximate surface area is 159 Å². The molecule has 1 aliphatic rings. The lowest BCUT2D eigenvalue weighted by atomic mass is 10.1. The van der Waals surface area contributed by atoms with Crippen molar-refractivity contribution in [3.8, 4) is 11.5 Å². The van der Waals surface area contributed by atoms with Gasteiger partial charge in [0.05, 0.1) is 30.7 Å². The van der Waals surface area contributed by atoms with E-state index in [0.717, 1.165) is 13.1 Å². The zero-order valence-corrected chi connectivity index (χ0v) is 16.5. The molecular formula is C17H27N3O6S. The van der Waals surface area contributed by atoms with Gasteiger partial charge < -0.3 is 26.0 Å². The van der Waals surface area contributed by atoms with Gasteiger partial charge in [-0.15, -0.1) is 0 Å². The number of carbonyl (C=O) groups excluding carboxylic acids is 1. The number of aliphatic hydroxyl groups is 1. The van der Waals surface area contributed by atoms with Crippen LogP contribution in [0.5, 0.6) is 11.5 Å². The van der Waals surface area contributed by atoms with Crippen LogP contribution in [0.15, 0.2) is 11.0 Å². The van der Waals surface area contributed by atoms with Gasteiger partial charge in [-0.1, -0.05) is 13.8 Å². The van der Waals surface area contributed by atoms with Gasteiger partial charge in [-0.3, -0.25) is 9.69 Å². The molecule has 152 valence electrons. The third-order valence-corrected chi connectivity index (χ3v) is 6.70. The van der Waals surface area contributed by atoms with Crippen molar-refractivity contribution in [3.05, 3.63) is 11.6 Å². The Balaban J connectivity index is 2.36. The van der Waals surface area contributed by atoms with Crippen molar-refractivity contribution in [1.82, 2.24) is 10.2 Å². The minimum Gasteiger partial charge on any atom is -0.506 e. The molecule has 1 aliphatic heterocycles. The number of nitrogens with two attached hydrogens (primary N) is 1. The number of likely N-dealkylation sites (N-methyl/N-ethyl adjacent to an activating group) is 1. The van der Waals surface area contributed by atoms with E-state index in [1.165, 1.54) is 20.1 Å². The summed E-state index contributed by atoms with van der Waals surface area (Å²) in [4.78, 5) is 14.3. The standard InChI is InChI=1S/C17H27N3O6S/c1-4-20-7-6-12(21)11(20)9-19-17(23)14-13(26-3)8-10(18)16(15(14)22)27(24,25)5-2/h8,11-12,21-22H,4-7,9,18H2,1-3H3,(H,19,23). The van der Waals surface area contributed by atoms with Crippen molar-refractivity contribution in [2.45, 2.75) is 37.3 Å². The van der Waals surface area contributed by atoms with Crippen LogP contribution in [0.3, 0.4) is 0 Å². The molecule has 1 aromatic carbocycles. The van der Waals surface area contributed by atoms with Crippen molar-refractivity contribution >= 4 is 21.4 Å². The fourth-order valence-electron chi connectivity index (χ4n) is 3.34. The summed E-state index contributed by atoms with van der Waals surface area (Å²) in [5, 5.41) is 23.2. The van der Waals surface area contributed by atoms with E-state index < -0.39 is 32.5 Å². The number of carbonyl (C=O) groups is 1. The number of phenols is 1. The van der Waals surface area contributed by atoms with Crippen LogP contribution in [-0.4, -0.2) is 74.1 Å². The zero-order valence-electron chi connectivity index (χ0n) is 15.7. The molecule has 2 unspecified atom stereocenters. The fourth-order valence-corrected chi connectivity index (χ4v) is 4.44. The molecule has 5 N–H and O–H groups in total. The Morgan fingerprint density at radius 3 is 2.67 bits per heavy atom.